The molecule has 4 aromatic rings. The number of phenolic OH excluding ortho intramolecular Hbond substituents is 1. The lowest BCUT2D eigenvalue weighted by atomic mass is 10.1. The third-order valence-electron chi connectivity index (χ3n) is 4.09. The number of pyridine rings is 1. The Morgan fingerprint density at radius 3 is 2.79 bits per heavy atom. The van der Waals surface area contributed by atoms with Crippen molar-refractivity contribution >= 4 is 45.0 Å². The van der Waals surface area contributed by atoms with Crippen molar-refractivity contribution in [1.29, 1.82) is 0 Å². The molecule has 0 unspecified atom stereocenters. The van der Waals surface area contributed by atoms with Gasteiger partial charge in [0, 0.05) is 18.0 Å². The van der Waals surface area contributed by atoms with Crippen LogP contribution in [0.5, 0.6) is 17.2 Å². The Morgan fingerprint density at radius 2 is 2.04 bits per heavy atom. The lowest BCUT2D eigenvalue weighted by molar-refractivity contribution is 0.465. The van der Waals surface area contributed by atoms with Gasteiger partial charge in [0.15, 0.2) is 5.82 Å². The standard InChI is InChI=1S/C20H14FIN4O2/c1-11-7-12(4-5-16(11)28-13-3-2-6-23-9-13)26-20-17-14(24-10-25-20)8-15(27)19(22)18(17)21/h2-10,27H,1H3,(H,24,25,26). The van der Waals surface area contributed by atoms with Crippen molar-refractivity contribution < 1.29 is 14.2 Å². The number of fused-ring (bicyclic) bond motifs is 1. The van der Waals surface area contributed by atoms with Gasteiger partial charge in [-0.15, -0.1) is 0 Å². The van der Waals surface area contributed by atoms with Crippen LogP contribution in [0.25, 0.3) is 10.9 Å². The van der Waals surface area contributed by atoms with Crippen LogP contribution in [0.1, 0.15) is 5.56 Å². The van der Waals surface area contributed by atoms with Crippen LogP contribution in [0, 0.1) is 16.3 Å². The molecule has 2 aromatic heterocycles. The summed E-state index contributed by atoms with van der Waals surface area (Å²) in [6.07, 6.45) is 4.64. The zero-order valence-corrected chi connectivity index (χ0v) is 16.8. The topological polar surface area (TPSA) is 80.2 Å². The third kappa shape index (κ3) is 3.55. The van der Waals surface area contributed by atoms with Crippen molar-refractivity contribution in [3.05, 3.63) is 70.1 Å². The zero-order chi connectivity index (χ0) is 19.7. The predicted octanol–water partition coefficient (Wildman–Crippen LogP) is 5.32. The van der Waals surface area contributed by atoms with E-state index in [2.05, 4.69) is 20.3 Å². The number of ether oxygens (including phenoxy) is 1. The molecule has 0 amide bonds. The maximum Gasteiger partial charge on any atom is 0.153 e. The van der Waals surface area contributed by atoms with Crippen LogP contribution in [-0.4, -0.2) is 20.1 Å². The minimum absolute atomic E-state index is 0.124. The Balaban J connectivity index is 1.67. The van der Waals surface area contributed by atoms with E-state index in [0.29, 0.717) is 22.8 Å². The lowest BCUT2D eigenvalue weighted by Crippen LogP contribution is -2.00. The first-order chi connectivity index (χ1) is 13.5. The van der Waals surface area contributed by atoms with Crippen molar-refractivity contribution in [2.45, 2.75) is 6.92 Å². The number of halogens is 2. The molecular formula is C20H14FIN4O2. The normalized spacial score (nSPS) is 10.8. The van der Waals surface area contributed by atoms with Crippen LogP contribution >= 0.6 is 22.6 Å². The number of phenols is 1. The highest BCUT2D eigenvalue weighted by atomic mass is 127. The van der Waals surface area contributed by atoms with E-state index >= 15 is 0 Å². The summed E-state index contributed by atoms with van der Waals surface area (Å²) in [7, 11) is 0. The Morgan fingerprint density at radius 1 is 1.18 bits per heavy atom. The number of nitrogens with one attached hydrogen (secondary N) is 1. The second-order valence-corrected chi connectivity index (χ2v) is 7.11. The molecule has 4 rings (SSSR count). The van der Waals surface area contributed by atoms with Gasteiger partial charge in [-0.25, -0.2) is 14.4 Å². The largest absolute Gasteiger partial charge is 0.507 e. The number of hydrogen-bond acceptors (Lipinski definition) is 6. The third-order valence-corrected chi connectivity index (χ3v) is 5.11. The molecule has 28 heavy (non-hydrogen) atoms. The minimum atomic E-state index is -0.563. The molecule has 0 fully saturated rings. The summed E-state index contributed by atoms with van der Waals surface area (Å²) < 4.78 is 20.6. The summed E-state index contributed by atoms with van der Waals surface area (Å²) in [4.78, 5) is 12.2. The molecule has 0 radical (unpaired) electrons. The van der Waals surface area contributed by atoms with Gasteiger partial charge in [0.25, 0.3) is 0 Å². The molecule has 2 aromatic carbocycles. The van der Waals surface area contributed by atoms with Gasteiger partial charge in [-0.05, 0) is 65.4 Å². The van der Waals surface area contributed by atoms with E-state index in [-0.39, 0.29) is 14.7 Å². The maximum absolute atomic E-state index is 14.7. The van der Waals surface area contributed by atoms with E-state index in [1.165, 1.54) is 12.4 Å². The van der Waals surface area contributed by atoms with Crippen molar-refractivity contribution in [1.82, 2.24) is 15.0 Å². The van der Waals surface area contributed by atoms with Gasteiger partial charge in [0.1, 0.15) is 29.4 Å². The van der Waals surface area contributed by atoms with Crippen LogP contribution < -0.4 is 10.1 Å². The van der Waals surface area contributed by atoms with E-state index < -0.39 is 5.82 Å². The van der Waals surface area contributed by atoms with E-state index in [4.69, 9.17) is 4.74 Å². The number of aryl methyl sites for hydroxylation is 1. The first kappa shape index (κ1) is 18.4. The van der Waals surface area contributed by atoms with Crippen molar-refractivity contribution in [3.8, 4) is 17.2 Å². The summed E-state index contributed by atoms with van der Waals surface area (Å²) in [6, 6.07) is 10.6. The smallest absolute Gasteiger partial charge is 0.153 e. The van der Waals surface area contributed by atoms with Gasteiger partial charge in [0.05, 0.1) is 20.7 Å². The molecule has 0 aliphatic heterocycles. The summed E-state index contributed by atoms with van der Waals surface area (Å²) in [6.45, 7) is 1.91. The SMILES string of the molecule is Cc1cc(Nc2ncnc3cc(O)c(I)c(F)c23)ccc1Oc1cccnc1. The molecule has 8 heteroatoms. The highest BCUT2D eigenvalue weighted by molar-refractivity contribution is 14.1. The lowest BCUT2D eigenvalue weighted by Gasteiger charge is -2.13. The van der Waals surface area contributed by atoms with Crippen molar-refractivity contribution in [3.63, 3.8) is 0 Å². The van der Waals surface area contributed by atoms with Crippen molar-refractivity contribution in [2.24, 2.45) is 0 Å². The Bertz CT molecular complexity index is 1170. The number of nitrogens with zero attached hydrogens (tertiary/aromatic N) is 3. The summed E-state index contributed by atoms with van der Waals surface area (Å²) in [5, 5.41) is 13.2. The molecule has 2 heterocycles. The quantitative estimate of drug-likeness (QED) is 0.379. The first-order valence-corrected chi connectivity index (χ1v) is 9.38. The molecule has 6 nitrogen and oxygen atoms in total. The number of anilines is 2. The van der Waals surface area contributed by atoms with E-state index in [0.717, 1.165) is 11.3 Å². The van der Waals surface area contributed by atoms with Gasteiger partial charge >= 0.3 is 0 Å². The molecular weight excluding hydrogens is 474 g/mol. The Hall–Kier alpha value is -3.01. The van der Waals surface area contributed by atoms with Gasteiger partial charge in [-0.2, -0.15) is 0 Å². The predicted molar refractivity (Wildman–Crippen MR) is 113 cm³/mol. The molecule has 0 aliphatic rings. The fraction of sp³-hybridized carbons (Fsp3) is 0.0500. The Labute approximate surface area is 173 Å². The first-order valence-electron chi connectivity index (χ1n) is 8.30. The van der Waals surface area contributed by atoms with Crippen LogP contribution in [0.15, 0.2) is 55.1 Å². The second kappa shape index (κ2) is 7.55. The summed E-state index contributed by atoms with van der Waals surface area (Å²) in [5.74, 6) is 0.942. The van der Waals surface area contributed by atoms with Crippen LogP contribution in [0.4, 0.5) is 15.9 Å². The highest BCUT2D eigenvalue weighted by Crippen LogP contribution is 2.34. The summed E-state index contributed by atoms with van der Waals surface area (Å²) >= 11 is 1.75. The Kier molecular flexibility index (Phi) is 4.95. The molecule has 0 bridgehead atoms. The average Bonchev–Trinajstić information content (AvgIpc) is 2.69. The fourth-order valence-electron chi connectivity index (χ4n) is 2.75. The molecule has 140 valence electrons. The molecule has 0 aliphatic carbocycles. The maximum atomic E-state index is 14.7. The van der Waals surface area contributed by atoms with Crippen LogP contribution in [0.3, 0.4) is 0 Å². The molecule has 0 spiro atoms. The molecule has 2 N–H and O–H groups in total. The second-order valence-electron chi connectivity index (χ2n) is 6.04. The minimum Gasteiger partial charge on any atom is -0.507 e. The van der Waals surface area contributed by atoms with E-state index in [9.17, 15) is 9.50 Å². The van der Waals surface area contributed by atoms with Gasteiger partial charge in [-0.3, -0.25) is 4.98 Å². The summed E-state index contributed by atoms with van der Waals surface area (Å²) in [5.41, 5.74) is 1.93. The fourth-order valence-corrected chi connectivity index (χ4v) is 3.17. The van der Waals surface area contributed by atoms with Gasteiger partial charge in [0.2, 0.25) is 0 Å². The van der Waals surface area contributed by atoms with E-state index in [1.54, 1.807) is 41.1 Å². The monoisotopic (exact) mass is 488 g/mol. The zero-order valence-electron chi connectivity index (χ0n) is 14.6. The highest BCUT2D eigenvalue weighted by Gasteiger charge is 2.16. The number of rotatable bonds is 4. The molecule has 0 saturated carbocycles. The van der Waals surface area contributed by atoms with Crippen LogP contribution in [0.2, 0.25) is 0 Å². The number of aromatic hydroxyl groups is 1. The van der Waals surface area contributed by atoms with Crippen LogP contribution in [-0.2, 0) is 0 Å². The number of hydrogen-bond donors (Lipinski definition) is 2. The average molecular weight is 488 g/mol. The van der Waals surface area contributed by atoms with Crippen molar-refractivity contribution in [2.75, 3.05) is 5.32 Å². The number of aromatic nitrogens is 3. The molecule has 0 atom stereocenters. The van der Waals surface area contributed by atoms with Gasteiger partial charge in [-0.1, -0.05) is 0 Å². The van der Waals surface area contributed by atoms with Gasteiger partial charge < -0.3 is 15.2 Å². The molecule has 0 saturated heterocycles. The van der Waals surface area contributed by atoms with E-state index in [1.807, 2.05) is 31.2 Å². The number of benzene rings is 2.